The fourth-order valence-corrected chi connectivity index (χ4v) is 4.23. The van der Waals surface area contributed by atoms with Gasteiger partial charge in [-0.3, -0.25) is 4.90 Å². The summed E-state index contributed by atoms with van der Waals surface area (Å²) in [7, 11) is 5.68. The average molecular weight is 347 g/mol. The molecule has 1 aliphatic rings. The molecule has 0 unspecified atom stereocenters. The van der Waals surface area contributed by atoms with Gasteiger partial charge in [0.15, 0.2) is 0 Å². The second kappa shape index (κ2) is 7.19. The van der Waals surface area contributed by atoms with Crippen LogP contribution in [0.2, 0.25) is 0 Å². The Morgan fingerprint density at radius 2 is 2.25 bits per heavy atom. The number of ether oxygens (including phenoxy) is 1. The summed E-state index contributed by atoms with van der Waals surface area (Å²) >= 11 is 1.71. The molecule has 3 rings (SSSR count). The van der Waals surface area contributed by atoms with Gasteiger partial charge < -0.3 is 14.7 Å². The van der Waals surface area contributed by atoms with Crippen molar-refractivity contribution in [2.45, 2.75) is 18.6 Å². The number of β-amino-alcohol motifs (C(OH)–C–C–N with tert-alkyl or cyclic N) is 1. The second-order valence-electron chi connectivity index (χ2n) is 6.79. The van der Waals surface area contributed by atoms with Gasteiger partial charge in [-0.15, -0.1) is 11.3 Å². The van der Waals surface area contributed by atoms with Crippen LogP contribution in [0.15, 0.2) is 30.5 Å². The largest absolute Gasteiger partial charge is 0.497 e. The molecule has 24 heavy (non-hydrogen) atoms. The molecule has 0 saturated carbocycles. The van der Waals surface area contributed by atoms with Crippen molar-refractivity contribution in [2.75, 3.05) is 40.8 Å². The van der Waals surface area contributed by atoms with E-state index in [2.05, 4.69) is 20.9 Å². The Hall–Kier alpha value is -1.47. The van der Waals surface area contributed by atoms with Crippen LogP contribution in [0.1, 0.15) is 11.3 Å². The zero-order valence-electron chi connectivity index (χ0n) is 14.5. The summed E-state index contributed by atoms with van der Waals surface area (Å²) in [4.78, 5) is 10.1. The maximum atomic E-state index is 10.6. The van der Waals surface area contributed by atoms with E-state index in [4.69, 9.17) is 4.74 Å². The van der Waals surface area contributed by atoms with Crippen LogP contribution < -0.4 is 4.74 Å². The van der Waals surface area contributed by atoms with Crippen LogP contribution in [-0.2, 0) is 6.54 Å². The van der Waals surface area contributed by atoms with Gasteiger partial charge in [0.2, 0.25) is 0 Å². The maximum absolute atomic E-state index is 10.6. The van der Waals surface area contributed by atoms with Gasteiger partial charge in [-0.05, 0) is 32.6 Å². The van der Waals surface area contributed by atoms with Crippen LogP contribution in [0.5, 0.6) is 5.75 Å². The molecule has 1 aromatic heterocycles. The van der Waals surface area contributed by atoms with Gasteiger partial charge in [0.1, 0.15) is 10.8 Å². The van der Waals surface area contributed by atoms with E-state index in [9.17, 15) is 5.11 Å². The van der Waals surface area contributed by atoms with E-state index in [-0.39, 0.29) is 0 Å². The van der Waals surface area contributed by atoms with Gasteiger partial charge >= 0.3 is 0 Å². The molecule has 2 aromatic rings. The predicted octanol–water partition coefficient (Wildman–Crippen LogP) is 2.32. The lowest BCUT2D eigenvalue weighted by Crippen LogP contribution is -2.42. The van der Waals surface area contributed by atoms with Crippen LogP contribution in [0.3, 0.4) is 0 Å². The van der Waals surface area contributed by atoms with Crippen molar-refractivity contribution < 1.29 is 9.84 Å². The van der Waals surface area contributed by atoms with Crippen molar-refractivity contribution in [3.05, 3.63) is 35.3 Å². The minimum Gasteiger partial charge on any atom is -0.497 e. The normalized spacial score (nSPS) is 21.5. The summed E-state index contributed by atoms with van der Waals surface area (Å²) in [6, 6.07) is 7.98. The molecule has 1 aromatic carbocycles. The number of benzene rings is 1. The van der Waals surface area contributed by atoms with E-state index in [1.54, 1.807) is 18.4 Å². The highest BCUT2D eigenvalue weighted by Crippen LogP contribution is 2.30. The molecule has 2 heterocycles. The van der Waals surface area contributed by atoms with Crippen molar-refractivity contribution in [2.24, 2.45) is 0 Å². The number of hydrogen-bond acceptors (Lipinski definition) is 6. The number of thiazole rings is 1. The first kappa shape index (κ1) is 17.4. The molecule has 0 radical (unpaired) electrons. The van der Waals surface area contributed by atoms with Gasteiger partial charge in [-0.2, -0.15) is 0 Å². The molecule has 0 amide bonds. The minimum atomic E-state index is -0.593. The molecule has 6 heteroatoms. The molecule has 5 nitrogen and oxygen atoms in total. The van der Waals surface area contributed by atoms with Gasteiger partial charge in [0.05, 0.1) is 12.7 Å². The zero-order chi connectivity index (χ0) is 17.2. The van der Waals surface area contributed by atoms with Gasteiger partial charge in [0.25, 0.3) is 0 Å². The number of aromatic nitrogens is 1. The molecule has 1 saturated heterocycles. The predicted molar refractivity (Wildman–Crippen MR) is 97.5 cm³/mol. The second-order valence-corrected chi connectivity index (χ2v) is 7.90. The third kappa shape index (κ3) is 4.13. The van der Waals surface area contributed by atoms with Gasteiger partial charge in [0, 0.05) is 42.8 Å². The highest BCUT2D eigenvalue weighted by atomic mass is 32.1. The summed E-state index contributed by atoms with van der Waals surface area (Å²) in [5.41, 5.74) is 0.486. The minimum absolute atomic E-state index is 0.593. The first-order chi connectivity index (χ1) is 11.5. The average Bonchev–Trinajstić information content (AvgIpc) is 3.14. The summed E-state index contributed by atoms with van der Waals surface area (Å²) < 4.78 is 5.28. The smallest absolute Gasteiger partial charge is 0.123 e. The molecule has 1 aliphatic heterocycles. The van der Waals surface area contributed by atoms with E-state index in [0.29, 0.717) is 6.54 Å². The molecule has 0 bridgehead atoms. The highest BCUT2D eigenvalue weighted by Gasteiger charge is 2.36. The van der Waals surface area contributed by atoms with E-state index in [1.807, 2.05) is 38.5 Å². The summed E-state index contributed by atoms with van der Waals surface area (Å²) in [5, 5.41) is 11.6. The summed E-state index contributed by atoms with van der Waals surface area (Å²) in [6.45, 7) is 3.20. The van der Waals surface area contributed by atoms with Crippen LogP contribution in [0.4, 0.5) is 0 Å². The van der Waals surface area contributed by atoms with E-state index >= 15 is 0 Å². The SMILES string of the molecule is COc1cccc(-c2ncc(CN3CC[C@](O)(CN(C)C)C3)s2)c1. The number of likely N-dealkylation sites (N-methyl/N-ethyl adjacent to an activating group) is 1. The van der Waals surface area contributed by atoms with Gasteiger partial charge in [-0.25, -0.2) is 4.98 Å². The van der Waals surface area contributed by atoms with Crippen molar-refractivity contribution in [3.8, 4) is 16.3 Å². The Labute approximate surface area is 147 Å². The lowest BCUT2D eigenvalue weighted by molar-refractivity contribution is 0.0241. The van der Waals surface area contributed by atoms with Crippen LogP contribution >= 0.6 is 11.3 Å². The monoisotopic (exact) mass is 347 g/mol. The highest BCUT2D eigenvalue weighted by molar-refractivity contribution is 7.15. The van der Waals surface area contributed by atoms with Crippen molar-refractivity contribution in [1.29, 1.82) is 0 Å². The van der Waals surface area contributed by atoms with Crippen LogP contribution in [-0.4, -0.2) is 66.3 Å². The number of aliphatic hydroxyl groups is 1. The standard InChI is InChI=1S/C18H25N3O2S/c1-20(2)12-18(22)7-8-21(13-18)11-16-10-19-17(24-16)14-5-4-6-15(9-14)23-3/h4-6,9-10,22H,7-8,11-13H2,1-3H3/t18-/m0/s1. The number of hydrogen-bond donors (Lipinski definition) is 1. The van der Waals surface area contributed by atoms with Gasteiger partial charge in [-0.1, -0.05) is 12.1 Å². The lowest BCUT2D eigenvalue weighted by atomic mass is 10.0. The molecule has 0 aliphatic carbocycles. The zero-order valence-corrected chi connectivity index (χ0v) is 15.3. The molecule has 1 fully saturated rings. The topological polar surface area (TPSA) is 48.8 Å². The number of methoxy groups -OCH3 is 1. The van der Waals surface area contributed by atoms with Crippen LogP contribution in [0, 0.1) is 0 Å². The number of rotatable bonds is 6. The Morgan fingerprint density at radius 3 is 3.00 bits per heavy atom. The maximum Gasteiger partial charge on any atom is 0.123 e. The van der Waals surface area contributed by atoms with E-state index in [0.717, 1.165) is 42.4 Å². The number of likely N-dealkylation sites (tertiary alicyclic amines) is 1. The fourth-order valence-electron chi connectivity index (χ4n) is 3.28. The molecule has 0 spiro atoms. The van der Waals surface area contributed by atoms with Crippen LogP contribution in [0.25, 0.3) is 10.6 Å². The third-order valence-electron chi connectivity index (χ3n) is 4.27. The Balaban J connectivity index is 1.64. The van der Waals surface area contributed by atoms with Crippen molar-refractivity contribution in [1.82, 2.24) is 14.8 Å². The quantitative estimate of drug-likeness (QED) is 0.869. The Bertz CT molecular complexity index is 688. The Kier molecular flexibility index (Phi) is 5.20. The lowest BCUT2D eigenvalue weighted by Gasteiger charge is -2.26. The molecular formula is C18H25N3O2S. The molecular weight excluding hydrogens is 322 g/mol. The van der Waals surface area contributed by atoms with E-state index in [1.165, 1.54) is 4.88 Å². The first-order valence-corrected chi connectivity index (χ1v) is 8.98. The molecule has 1 N–H and O–H groups in total. The number of nitrogens with zero attached hydrogens (tertiary/aromatic N) is 3. The molecule has 130 valence electrons. The molecule has 1 atom stereocenters. The first-order valence-electron chi connectivity index (χ1n) is 8.16. The van der Waals surface area contributed by atoms with E-state index < -0.39 is 5.60 Å². The Morgan fingerprint density at radius 1 is 1.42 bits per heavy atom. The fraction of sp³-hybridized carbons (Fsp3) is 0.500. The third-order valence-corrected chi connectivity index (χ3v) is 5.30. The van der Waals surface area contributed by atoms with Crippen molar-refractivity contribution >= 4 is 11.3 Å². The summed E-state index contributed by atoms with van der Waals surface area (Å²) in [6.07, 6.45) is 2.77. The summed E-state index contributed by atoms with van der Waals surface area (Å²) in [5.74, 6) is 0.845. The van der Waals surface area contributed by atoms with Crippen molar-refractivity contribution in [3.63, 3.8) is 0 Å².